The molecule has 1 aliphatic rings. The first-order chi connectivity index (χ1) is 7.63. The third kappa shape index (κ3) is 7.41. The van der Waals surface area contributed by atoms with E-state index >= 15 is 0 Å². The van der Waals surface area contributed by atoms with Crippen LogP contribution in [0, 0.1) is 5.92 Å². The van der Waals surface area contributed by atoms with Gasteiger partial charge in [0.1, 0.15) is 0 Å². The van der Waals surface area contributed by atoms with Crippen molar-refractivity contribution in [2.24, 2.45) is 5.92 Å². The summed E-state index contributed by atoms with van der Waals surface area (Å²) in [5.41, 5.74) is 0. The smallest absolute Gasteiger partial charge is 0.307 e. The Kier molecular flexibility index (Phi) is 12.2. The van der Waals surface area contributed by atoms with E-state index in [1.165, 1.54) is 0 Å². The Labute approximate surface area is 123 Å². The van der Waals surface area contributed by atoms with Crippen LogP contribution in [0.2, 0.25) is 0 Å². The van der Waals surface area contributed by atoms with Crippen LogP contribution in [-0.4, -0.2) is 60.6 Å². The van der Waals surface area contributed by atoms with Gasteiger partial charge in [0.15, 0.2) is 0 Å². The summed E-state index contributed by atoms with van der Waals surface area (Å²) in [5, 5.41) is 9.15. The minimum Gasteiger partial charge on any atom is -0.481 e. The molecule has 1 atom stereocenters. The topological polar surface area (TPSA) is 43.8 Å². The number of halogens is 2. The molecule has 1 rings (SSSR count). The van der Waals surface area contributed by atoms with E-state index in [0.29, 0.717) is 0 Å². The van der Waals surface area contributed by atoms with Crippen LogP contribution in [0.1, 0.15) is 26.2 Å². The molecule has 0 amide bonds. The quantitative estimate of drug-likeness (QED) is 0.814. The first-order valence-corrected chi connectivity index (χ1v) is 6.27. The lowest BCUT2D eigenvalue weighted by molar-refractivity contribution is -0.142. The summed E-state index contributed by atoms with van der Waals surface area (Å²) in [4.78, 5) is 15.7. The lowest BCUT2D eigenvalue weighted by atomic mass is 10.0. The molecule has 0 saturated carbocycles. The maximum absolute atomic E-state index is 11.1. The van der Waals surface area contributed by atoms with Crippen molar-refractivity contribution >= 4 is 30.8 Å². The van der Waals surface area contributed by atoms with Gasteiger partial charge in [0.2, 0.25) is 0 Å². The Morgan fingerprint density at radius 1 is 1.22 bits per heavy atom. The van der Waals surface area contributed by atoms with Crippen molar-refractivity contribution in [3.63, 3.8) is 0 Å². The normalized spacial score (nSPS) is 18.6. The standard InChI is InChI=1S/C12H24N2O2.2ClH/c1-3-4-5-11(12(15)16)10-14-8-6-13(2)7-9-14;;/h11H,3-10H2,1-2H3,(H,15,16);2*1H. The molecule has 1 N–H and O–H groups in total. The summed E-state index contributed by atoms with van der Waals surface area (Å²) < 4.78 is 0. The van der Waals surface area contributed by atoms with Crippen LogP contribution in [0.15, 0.2) is 0 Å². The molecule has 0 aromatic rings. The highest BCUT2D eigenvalue weighted by Crippen LogP contribution is 2.12. The monoisotopic (exact) mass is 300 g/mol. The minimum absolute atomic E-state index is 0. The molecule has 1 fully saturated rings. The zero-order valence-electron chi connectivity index (χ0n) is 11.3. The van der Waals surface area contributed by atoms with E-state index in [1.54, 1.807) is 0 Å². The Bertz CT molecular complexity index is 222. The summed E-state index contributed by atoms with van der Waals surface area (Å²) in [5.74, 6) is -0.810. The molecule has 0 aromatic carbocycles. The van der Waals surface area contributed by atoms with Gasteiger partial charge in [-0.15, -0.1) is 24.8 Å². The fraction of sp³-hybridized carbons (Fsp3) is 0.917. The largest absolute Gasteiger partial charge is 0.481 e. The van der Waals surface area contributed by atoms with Gasteiger partial charge in [-0.2, -0.15) is 0 Å². The third-order valence-corrected chi connectivity index (χ3v) is 3.33. The highest BCUT2D eigenvalue weighted by Gasteiger charge is 2.22. The van der Waals surface area contributed by atoms with Gasteiger partial charge in [0, 0.05) is 32.7 Å². The maximum Gasteiger partial charge on any atom is 0.307 e. The number of aliphatic carboxylic acids is 1. The Morgan fingerprint density at radius 2 is 1.78 bits per heavy atom. The van der Waals surface area contributed by atoms with E-state index in [0.717, 1.165) is 52.0 Å². The van der Waals surface area contributed by atoms with E-state index in [-0.39, 0.29) is 30.7 Å². The average Bonchev–Trinajstić information content (AvgIpc) is 2.26. The van der Waals surface area contributed by atoms with Gasteiger partial charge in [-0.25, -0.2) is 0 Å². The van der Waals surface area contributed by atoms with Crippen molar-refractivity contribution in [3.8, 4) is 0 Å². The zero-order chi connectivity index (χ0) is 12.0. The fourth-order valence-electron chi connectivity index (χ4n) is 2.09. The third-order valence-electron chi connectivity index (χ3n) is 3.33. The second-order valence-electron chi connectivity index (χ2n) is 4.78. The van der Waals surface area contributed by atoms with Crippen molar-refractivity contribution < 1.29 is 9.90 Å². The van der Waals surface area contributed by atoms with E-state index in [9.17, 15) is 4.79 Å². The molecule has 0 aromatic heterocycles. The second kappa shape index (κ2) is 10.9. The predicted octanol–water partition coefficient (Wildman–Crippen LogP) is 1.97. The lowest BCUT2D eigenvalue weighted by Crippen LogP contribution is -2.46. The molecule has 1 unspecified atom stereocenters. The molecular formula is C12H26Cl2N2O2. The number of piperazine rings is 1. The highest BCUT2D eigenvalue weighted by molar-refractivity contribution is 5.85. The van der Waals surface area contributed by atoms with Crippen molar-refractivity contribution in [2.45, 2.75) is 26.2 Å². The summed E-state index contributed by atoms with van der Waals surface area (Å²) in [6, 6.07) is 0. The highest BCUT2D eigenvalue weighted by atomic mass is 35.5. The number of carboxylic acid groups (broad SMARTS) is 1. The SMILES string of the molecule is CCCCC(CN1CCN(C)CC1)C(=O)O.Cl.Cl. The van der Waals surface area contributed by atoms with Crippen molar-refractivity contribution in [1.29, 1.82) is 0 Å². The van der Waals surface area contributed by atoms with Crippen LogP contribution in [0.3, 0.4) is 0 Å². The summed E-state index contributed by atoms with van der Waals surface area (Å²) in [7, 11) is 2.11. The number of hydrogen-bond donors (Lipinski definition) is 1. The minimum atomic E-state index is -0.632. The van der Waals surface area contributed by atoms with E-state index in [4.69, 9.17) is 5.11 Å². The number of rotatable bonds is 6. The Balaban J connectivity index is 0. The molecule has 0 spiro atoms. The predicted molar refractivity (Wildman–Crippen MR) is 79.1 cm³/mol. The van der Waals surface area contributed by atoms with Crippen LogP contribution >= 0.6 is 24.8 Å². The van der Waals surface area contributed by atoms with Gasteiger partial charge < -0.3 is 10.0 Å². The van der Waals surface area contributed by atoms with Crippen molar-refractivity contribution in [2.75, 3.05) is 39.8 Å². The molecule has 4 nitrogen and oxygen atoms in total. The number of unbranched alkanes of at least 4 members (excludes halogenated alkanes) is 1. The number of nitrogens with zero attached hydrogens (tertiary/aromatic N) is 2. The first-order valence-electron chi connectivity index (χ1n) is 6.27. The first kappa shape index (κ1) is 20.3. The maximum atomic E-state index is 11.1. The number of hydrogen-bond acceptors (Lipinski definition) is 3. The summed E-state index contributed by atoms with van der Waals surface area (Å²) >= 11 is 0. The molecular weight excluding hydrogens is 275 g/mol. The molecule has 18 heavy (non-hydrogen) atoms. The van der Waals surface area contributed by atoms with Crippen LogP contribution in [-0.2, 0) is 4.79 Å². The van der Waals surface area contributed by atoms with Gasteiger partial charge >= 0.3 is 5.97 Å². The molecule has 0 radical (unpaired) electrons. The molecule has 1 saturated heterocycles. The number of likely N-dealkylation sites (N-methyl/N-ethyl adjacent to an activating group) is 1. The Hall–Kier alpha value is -0.0300. The van der Waals surface area contributed by atoms with Crippen molar-refractivity contribution in [3.05, 3.63) is 0 Å². The molecule has 0 bridgehead atoms. The van der Waals surface area contributed by atoms with E-state index in [2.05, 4.69) is 23.8 Å². The van der Waals surface area contributed by atoms with Gasteiger partial charge in [-0.05, 0) is 13.5 Å². The number of carboxylic acids is 1. The van der Waals surface area contributed by atoms with Gasteiger partial charge in [0.05, 0.1) is 5.92 Å². The summed E-state index contributed by atoms with van der Waals surface area (Å²) in [6.45, 7) is 6.96. The van der Waals surface area contributed by atoms with Gasteiger partial charge in [0.25, 0.3) is 0 Å². The molecule has 6 heteroatoms. The fourth-order valence-corrected chi connectivity index (χ4v) is 2.09. The average molecular weight is 301 g/mol. The van der Waals surface area contributed by atoms with Crippen LogP contribution < -0.4 is 0 Å². The molecule has 1 aliphatic heterocycles. The van der Waals surface area contributed by atoms with Crippen molar-refractivity contribution in [1.82, 2.24) is 9.80 Å². The van der Waals surface area contributed by atoms with Crippen LogP contribution in [0.4, 0.5) is 0 Å². The van der Waals surface area contributed by atoms with Crippen LogP contribution in [0.25, 0.3) is 0 Å². The van der Waals surface area contributed by atoms with E-state index < -0.39 is 5.97 Å². The molecule has 0 aliphatic carbocycles. The van der Waals surface area contributed by atoms with Crippen LogP contribution in [0.5, 0.6) is 0 Å². The second-order valence-corrected chi connectivity index (χ2v) is 4.78. The molecule has 110 valence electrons. The number of carbonyl (C=O) groups is 1. The van der Waals surface area contributed by atoms with Gasteiger partial charge in [-0.3, -0.25) is 9.69 Å². The van der Waals surface area contributed by atoms with E-state index in [1.807, 2.05) is 0 Å². The zero-order valence-corrected chi connectivity index (χ0v) is 12.9. The summed E-state index contributed by atoms with van der Waals surface area (Å²) in [6.07, 6.45) is 2.91. The molecule has 1 heterocycles. The Morgan fingerprint density at radius 3 is 2.22 bits per heavy atom. The van der Waals surface area contributed by atoms with Gasteiger partial charge in [-0.1, -0.05) is 19.8 Å². The lowest BCUT2D eigenvalue weighted by Gasteiger charge is -2.33.